The van der Waals surface area contributed by atoms with Crippen LogP contribution in [0.3, 0.4) is 0 Å². The Morgan fingerprint density at radius 3 is 2.52 bits per heavy atom. The Hall–Kier alpha value is -2.43. The predicted octanol–water partition coefficient (Wildman–Crippen LogP) is 3.68. The third-order valence-corrected chi connectivity index (χ3v) is 4.77. The van der Waals surface area contributed by atoms with Gasteiger partial charge >= 0.3 is 0 Å². The minimum atomic E-state index is -0.00317. The first-order valence-corrected chi connectivity index (χ1v) is 8.35. The number of nitrogens with one attached hydrogen (secondary N) is 1. The zero-order chi connectivity index (χ0) is 15.6. The lowest BCUT2D eigenvalue weighted by Crippen LogP contribution is -2.25. The standard InChI is InChI=1S/C18H20N4O/c23-18-17-16(15(20-21-17)13-8-4-3-5-9-13)19-12-22(18)14-10-6-1-2-7-11-14/h3-5,8-9,12,14H,1-2,6-7,10-11H2,(H,20,21). The fraction of sp³-hybridized carbons (Fsp3) is 0.389. The molecular weight excluding hydrogens is 288 g/mol. The van der Waals surface area contributed by atoms with Gasteiger partial charge in [0.05, 0.1) is 6.33 Å². The van der Waals surface area contributed by atoms with Crippen molar-refractivity contribution < 1.29 is 0 Å². The van der Waals surface area contributed by atoms with Gasteiger partial charge in [-0.25, -0.2) is 4.98 Å². The van der Waals surface area contributed by atoms with E-state index >= 15 is 0 Å². The van der Waals surface area contributed by atoms with E-state index in [0.29, 0.717) is 11.0 Å². The molecule has 0 unspecified atom stereocenters. The van der Waals surface area contributed by atoms with Gasteiger partial charge in [0.25, 0.3) is 5.56 Å². The van der Waals surface area contributed by atoms with Crippen molar-refractivity contribution >= 4 is 11.0 Å². The number of nitrogens with zero attached hydrogens (tertiary/aromatic N) is 3. The summed E-state index contributed by atoms with van der Waals surface area (Å²) in [6, 6.07) is 10.1. The van der Waals surface area contributed by atoms with Gasteiger partial charge in [0.2, 0.25) is 0 Å². The Morgan fingerprint density at radius 1 is 1.04 bits per heavy atom. The van der Waals surface area contributed by atoms with Gasteiger partial charge in [-0.3, -0.25) is 14.5 Å². The molecule has 0 amide bonds. The molecule has 3 aromatic rings. The monoisotopic (exact) mass is 308 g/mol. The summed E-state index contributed by atoms with van der Waals surface area (Å²) in [7, 11) is 0. The van der Waals surface area contributed by atoms with E-state index in [1.807, 2.05) is 30.3 Å². The van der Waals surface area contributed by atoms with E-state index in [4.69, 9.17) is 0 Å². The first kappa shape index (κ1) is 14.2. The number of aromatic nitrogens is 4. The lowest BCUT2D eigenvalue weighted by atomic mass is 10.1. The summed E-state index contributed by atoms with van der Waals surface area (Å²) in [4.78, 5) is 17.4. The molecule has 4 rings (SSSR count). The normalized spacial score (nSPS) is 16.5. The van der Waals surface area contributed by atoms with E-state index in [2.05, 4.69) is 15.2 Å². The molecule has 0 radical (unpaired) electrons. The van der Waals surface area contributed by atoms with E-state index in [1.54, 1.807) is 10.9 Å². The molecule has 118 valence electrons. The molecule has 1 saturated carbocycles. The van der Waals surface area contributed by atoms with Gasteiger partial charge < -0.3 is 0 Å². The van der Waals surface area contributed by atoms with Crippen LogP contribution in [-0.2, 0) is 0 Å². The van der Waals surface area contributed by atoms with Crippen LogP contribution in [0.1, 0.15) is 44.6 Å². The minimum Gasteiger partial charge on any atom is -0.294 e. The summed E-state index contributed by atoms with van der Waals surface area (Å²) in [6.07, 6.45) is 8.75. The largest absolute Gasteiger partial charge is 0.294 e. The number of benzene rings is 1. The third-order valence-electron chi connectivity index (χ3n) is 4.77. The number of fused-ring (bicyclic) bond motifs is 1. The maximum absolute atomic E-state index is 12.8. The van der Waals surface area contributed by atoms with Crippen LogP contribution < -0.4 is 5.56 Å². The number of hydrogen-bond donors (Lipinski definition) is 1. The molecule has 0 atom stereocenters. The van der Waals surface area contributed by atoms with Gasteiger partial charge in [0.1, 0.15) is 16.7 Å². The van der Waals surface area contributed by atoms with Crippen molar-refractivity contribution in [2.45, 2.75) is 44.6 Å². The van der Waals surface area contributed by atoms with Gasteiger partial charge in [0.15, 0.2) is 0 Å². The van der Waals surface area contributed by atoms with Gasteiger partial charge in [-0.1, -0.05) is 56.0 Å². The van der Waals surface area contributed by atoms with Crippen LogP contribution in [0.5, 0.6) is 0 Å². The lowest BCUT2D eigenvalue weighted by Gasteiger charge is -2.16. The highest BCUT2D eigenvalue weighted by Crippen LogP contribution is 2.27. The Labute approximate surface area is 134 Å². The summed E-state index contributed by atoms with van der Waals surface area (Å²) in [5.74, 6) is 0. The SMILES string of the molecule is O=c1c2[nH]nc(-c3ccccc3)c2ncn1C1CCCCCC1. The van der Waals surface area contributed by atoms with Crippen LogP contribution in [0.15, 0.2) is 41.5 Å². The van der Waals surface area contributed by atoms with E-state index in [0.717, 1.165) is 24.1 Å². The molecule has 2 heterocycles. The van der Waals surface area contributed by atoms with Gasteiger partial charge in [-0.15, -0.1) is 0 Å². The maximum atomic E-state index is 12.8. The molecule has 1 fully saturated rings. The average Bonchev–Trinajstić information content (AvgIpc) is 2.84. The first-order valence-electron chi connectivity index (χ1n) is 8.35. The van der Waals surface area contributed by atoms with Gasteiger partial charge in [0, 0.05) is 11.6 Å². The summed E-state index contributed by atoms with van der Waals surface area (Å²) < 4.78 is 1.81. The van der Waals surface area contributed by atoms with Crippen molar-refractivity contribution in [3.63, 3.8) is 0 Å². The van der Waals surface area contributed by atoms with E-state index in [1.165, 1.54) is 25.7 Å². The van der Waals surface area contributed by atoms with E-state index < -0.39 is 0 Å². The molecule has 23 heavy (non-hydrogen) atoms. The van der Waals surface area contributed by atoms with Crippen molar-refractivity contribution in [2.75, 3.05) is 0 Å². The molecule has 2 aromatic heterocycles. The minimum absolute atomic E-state index is 0.00317. The van der Waals surface area contributed by atoms with Crippen LogP contribution in [0.25, 0.3) is 22.3 Å². The Morgan fingerprint density at radius 2 is 1.78 bits per heavy atom. The summed E-state index contributed by atoms with van der Waals surface area (Å²) >= 11 is 0. The molecule has 0 spiro atoms. The van der Waals surface area contributed by atoms with Crippen molar-refractivity contribution in [1.29, 1.82) is 0 Å². The van der Waals surface area contributed by atoms with E-state index in [9.17, 15) is 4.79 Å². The first-order chi connectivity index (χ1) is 11.3. The van der Waals surface area contributed by atoms with Crippen LogP contribution in [0.4, 0.5) is 0 Å². The fourth-order valence-corrected chi connectivity index (χ4v) is 3.51. The zero-order valence-corrected chi connectivity index (χ0v) is 13.0. The summed E-state index contributed by atoms with van der Waals surface area (Å²) in [5.41, 5.74) is 2.88. The van der Waals surface area contributed by atoms with Crippen molar-refractivity contribution in [1.82, 2.24) is 19.7 Å². The third kappa shape index (κ3) is 2.56. The second-order valence-electron chi connectivity index (χ2n) is 6.26. The molecule has 0 bridgehead atoms. The van der Waals surface area contributed by atoms with Crippen molar-refractivity contribution in [3.8, 4) is 11.3 Å². The van der Waals surface area contributed by atoms with Crippen molar-refractivity contribution in [3.05, 3.63) is 47.0 Å². The Balaban J connectivity index is 1.79. The lowest BCUT2D eigenvalue weighted by molar-refractivity contribution is 0.429. The molecule has 1 N–H and O–H groups in total. The zero-order valence-electron chi connectivity index (χ0n) is 13.0. The molecule has 1 aliphatic carbocycles. The molecule has 1 aromatic carbocycles. The van der Waals surface area contributed by atoms with Gasteiger partial charge in [-0.05, 0) is 12.8 Å². The molecule has 0 saturated heterocycles. The smallest absolute Gasteiger partial charge is 0.279 e. The molecule has 0 aliphatic heterocycles. The number of H-pyrrole nitrogens is 1. The summed E-state index contributed by atoms with van der Waals surface area (Å²) in [5, 5.41) is 7.23. The van der Waals surface area contributed by atoms with Crippen LogP contribution >= 0.6 is 0 Å². The molecule has 5 heteroatoms. The number of rotatable bonds is 2. The predicted molar refractivity (Wildman–Crippen MR) is 90.3 cm³/mol. The van der Waals surface area contributed by atoms with Crippen LogP contribution in [0.2, 0.25) is 0 Å². The van der Waals surface area contributed by atoms with Crippen LogP contribution in [0, 0.1) is 0 Å². The topological polar surface area (TPSA) is 63.6 Å². The summed E-state index contributed by atoms with van der Waals surface area (Å²) in [6.45, 7) is 0. The van der Waals surface area contributed by atoms with Crippen LogP contribution in [-0.4, -0.2) is 19.7 Å². The van der Waals surface area contributed by atoms with Crippen molar-refractivity contribution in [2.24, 2.45) is 0 Å². The molecule has 5 nitrogen and oxygen atoms in total. The highest BCUT2D eigenvalue weighted by atomic mass is 16.1. The van der Waals surface area contributed by atoms with E-state index in [-0.39, 0.29) is 11.6 Å². The molecule has 1 aliphatic rings. The van der Waals surface area contributed by atoms with Gasteiger partial charge in [-0.2, -0.15) is 5.10 Å². The quantitative estimate of drug-likeness (QED) is 0.734. The average molecular weight is 308 g/mol. The second-order valence-corrected chi connectivity index (χ2v) is 6.26. The maximum Gasteiger partial charge on any atom is 0.279 e. The number of hydrogen-bond acceptors (Lipinski definition) is 3. The highest BCUT2D eigenvalue weighted by molar-refractivity contribution is 5.88. The second kappa shape index (κ2) is 5.99. The Bertz CT molecular complexity index is 858. The molecular formula is C18H20N4O. The Kier molecular flexibility index (Phi) is 3.69. The highest BCUT2D eigenvalue weighted by Gasteiger charge is 2.19. The number of aromatic amines is 1. The fourth-order valence-electron chi connectivity index (χ4n) is 3.51.